The number of aromatic hydroxyl groups is 1. The lowest BCUT2D eigenvalue weighted by Gasteiger charge is -2.18. The van der Waals surface area contributed by atoms with Gasteiger partial charge in [-0.05, 0) is 71.8 Å². The first-order chi connectivity index (χ1) is 20.9. The van der Waals surface area contributed by atoms with Crippen molar-refractivity contribution in [1.29, 1.82) is 0 Å². The minimum atomic E-state index is -0.880. The Morgan fingerprint density at radius 3 is 2.72 bits per heavy atom. The Hall–Kier alpha value is -5.88. The van der Waals surface area contributed by atoms with Gasteiger partial charge < -0.3 is 21.3 Å². The van der Waals surface area contributed by atoms with E-state index in [4.69, 9.17) is 15.7 Å². The van der Waals surface area contributed by atoms with Gasteiger partial charge in [0.15, 0.2) is 23.6 Å². The number of carbonyl (C=O) groups is 2. The van der Waals surface area contributed by atoms with Crippen LogP contribution in [0.3, 0.4) is 0 Å². The van der Waals surface area contributed by atoms with E-state index < -0.39 is 18.1 Å². The second kappa shape index (κ2) is 10.2. The number of aliphatic hydroxyl groups is 1. The predicted molar refractivity (Wildman–Crippen MR) is 157 cm³/mol. The number of phenols is 1. The lowest BCUT2D eigenvalue weighted by atomic mass is 10.1. The largest absolute Gasteiger partial charge is 0.507 e. The molecule has 5 N–H and O–H groups in total. The molecule has 2 aromatic carbocycles. The van der Waals surface area contributed by atoms with Crippen LogP contribution in [0.2, 0.25) is 0 Å². The molecule has 4 aromatic heterocycles. The molecule has 0 saturated heterocycles. The molecule has 43 heavy (non-hydrogen) atoms. The topological polar surface area (TPSA) is 174 Å². The summed E-state index contributed by atoms with van der Waals surface area (Å²) in [5.41, 5.74) is 10.7. The number of phenolic OH excluding ortho intramolecular Hbond substituents is 1. The SMILES string of the molecule is Nc1ncccc1-c1nc2ccc(-n3cccn3)nc2n1-c1ccc2c(c1)CC(O)C2NC(=O)c1ccc(O)c(C=O)c1. The van der Waals surface area contributed by atoms with Gasteiger partial charge >= 0.3 is 0 Å². The molecule has 1 aliphatic rings. The highest BCUT2D eigenvalue weighted by Crippen LogP contribution is 2.36. The van der Waals surface area contributed by atoms with E-state index in [2.05, 4.69) is 15.4 Å². The maximum Gasteiger partial charge on any atom is 0.251 e. The average molecular weight is 573 g/mol. The zero-order valence-electron chi connectivity index (χ0n) is 22.5. The third-order valence-electron chi connectivity index (χ3n) is 7.55. The lowest BCUT2D eigenvalue weighted by molar-refractivity contribution is 0.0858. The van der Waals surface area contributed by atoms with Gasteiger partial charge in [-0.3, -0.25) is 14.2 Å². The highest BCUT2D eigenvalue weighted by molar-refractivity contribution is 5.97. The lowest BCUT2D eigenvalue weighted by Crippen LogP contribution is -2.33. The van der Waals surface area contributed by atoms with Crippen LogP contribution in [-0.4, -0.2) is 57.8 Å². The Morgan fingerprint density at radius 2 is 1.93 bits per heavy atom. The normalized spacial score (nSPS) is 15.8. The summed E-state index contributed by atoms with van der Waals surface area (Å²) in [7, 11) is 0. The minimum absolute atomic E-state index is 0.00611. The molecule has 1 amide bonds. The third kappa shape index (κ3) is 4.46. The summed E-state index contributed by atoms with van der Waals surface area (Å²) < 4.78 is 3.55. The number of aldehydes is 1. The van der Waals surface area contributed by atoms with Gasteiger partial charge in [0, 0.05) is 36.3 Å². The first kappa shape index (κ1) is 26.0. The predicted octanol–water partition coefficient (Wildman–Crippen LogP) is 3.16. The number of hydrogen-bond donors (Lipinski definition) is 4. The van der Waals surface area contributed by atoms with Crippen molar-refractivity contribution in [2.75, 3.05) is 5.73 Å². The molecule has 0 fully saturated rings. The Bertz CT molecular complexity index is 2040. The Balaban J connectivity index is 1.31. The van der Waals surface area contributed by atoms with Crippen LogP contribution in [0.1, 0.15) is 37.9 Å². The molecule has 4 heterocycles. The number of pyridine rings is 2. The first-order valence-corrected chi connectivity index (χ1v) is 13.4. The van der Waals surface area contributed by atoms with Crippen LogP contribution in [0.25, 0.3) is 34.1 Å². The molecule has 6 aromatic rings. The van der Waals surface area contributed by atoms with Gasteiger partial charge in [0.05, 0.1) is 23.3 Å². The number of nitrogens with one attached hydrogen (secondary N) is 1. The van der Waals surface area contributed by atoms with E-state index in [1.54, 1.807) is 29.3 Å². The number of imidazole rings is 1. The fraction of sp³-hybridized carbons (Fsp3) is 0.0968. The molecule has 12 nitrogen and oxygen atoms in total. The van der Waals surface area contributed by atoms with Gasteiger partial charge in [-0.15, -0.1) is 0 Å². The molecule has 0 spiro atoms. The van der Waals surface area contributed by atoms with Crippen LogP contribution in [0, 0.1) is 0 Å². The number of hydrogen-bond acceptors (Lipinski definition) is 9. The van der Waals surface area contributed by atoms with Crippen molar-refractivity contribution in [3.63, 3.8) is 0 Å². The second-order valence-electron chi connectivity index (χ2n) is 10.2. The second-order valence-corrected chi connectivity index (χ2v) is 10.2. The van der Waals surface area contributed by atoms with Crippen molar-refractivity contribution in [3.05, 3.63) is 108 Å². The van der Waals surface area contributed by atoms with Crippen LogP contribution in [0.5, 0.6) is 5.75 Å². The summed E-state index contributed by atoms with van der Waals surface area (Å²) in [5.74, 6) is 0.783. The molecule has 1 aliphatic carbocycles. The summed E-state index contributed by atoms with van der Waals surface area (Å²) in [6.45, 7) is 0. The number of nitrogens with two attached hydrogens (primary N) is 1. The van der Waals surface area contributed by atoms with Crippen LogP contribution in [0.4, 0.5) is 5.82 Å². The Labute approximate surface area is 244 Å². The maximum absolute atomic E-state index is 13.0. The molecule has 12 heteroatoms. The molecule has 212 valence electrons. The summed E-state index contributed by atoms with van der Waals surface area (Å²) in [4.78, 5) is 38.2. The summed E-state index contributed by atoms with van der Waals surface area (Å²) >= 11 is 0. The van der Waals surface area contributed by atoms with Crippen molar-refractivity contribution in [2.45, 2.75) is 18.6 Å². The molecule has 0 saturated carbocycles. The molecule has 0 radical (unpaired) electrons. The van der Waals surface area contributed by atoms with Gasteiger partial charge in [0.1, 0.15) is 17.1 Å². The quantitative estimate of drug-likeness (QED) is 0.219. The number of rotatable bonds is 6. The maximum atomic E-state index is 13.0. The monoisotopic (exact) mass is 572 g/mol. The van der Waals surface area contributed by atoms with E-state index in [9.17, 15) is 19.8 Å². The number of amides is 1. The van der Waals surface area contributed by atoms with E-state index in [0.717, 1.165) is 16.8 Å². The van der Waals surface area contributed by atoms with Crippen molar-refractivity contribution >= 4 is 29.2 Å². The molecular formula is C31H24N8O4. The van der Waals surface area contributed by atoms with E-state index in [0.29, 0.717) is 46.9 Å². The zero-order chi connectivity index (χ0) is 29.7. The van der Waals surface area contributed by atoms with Crippen molar-refractivity contribution in [2.24, 2.45) is 0 Å². The summed E-state index contributed by atoms with van der Waals surface area (Å²) in [5, 5.41) is 27.9. The smallest absolute Gasteiger partial charge is 0.251 e. The summed E-state index contributed by atoms with van der Waals surface area (Å²) in [6, 6.07) is 18.2. The molecule has 2 unspecified atom stereocenters. The van der Waals surface area contributed by atoms with Crippen LogP contribution in [-0.2, 0) is 6.42 Å². The number of anilines is 1. The van der Waals surface area contributed by atoms with E-state index in [1.165, 1.54) is 18.2 Å². The summed E-state index contributed by atoms with van der Waals surface area (Å²) in [6.07, 6.45) is 4.99. The highest BCUT2D eigenvalue weighted by Gasteiger charge is 2.33. The number of aromatic nitrogens is 6. The van der Waals surface area contributed by atoms with Crippen LogP contribution < -0.4 is 11.1 Å². The zero-order valence-corrected chi connectivity index (χ0v) is 22.5. The number of fused-ring (bicyclic) bond motifs is 2. The first-order valence-electron chi connectivity index (χ1n) is 13.4. The molecule has 0 aliphatic heterocycles. The van der Waals surface area contributed by atoms with Crippen LogP contribution >= 0.6 is 0 Å². The van der Waals surface area contributed by atoms with Gasteiger partial charge in [0.25, 0.3) is 5.91 Å². The standard InChI is InChI=1S/C31H24N8O4/c32-28-22(3-1-10-33-28)29-35-23-7-9-26(38-12-2-11-34-38)36-30(23)39(29)20-5-6-21-18(14-20)15-25(42)27(21)37-31(43)17-4-8-24(41)19(13-17)16-40/h1-14,16,25,27,41-42H,15H2,(H2,32,33)(H,37,43). The molecule has 0 bridgehead atoms. The number of carbonyl (C=O) groups excluding carboxylic acids is 2. The minimum Gasteiger partial charge on any atom is -0.507 e. The van der Waals surface area contributed by atoms with E-state index >= 15 is 0 Å². The Morgan fingerprint density at radius 1 is 1.05 bits per heavy atom. The van der Waals surface area contributed by atoms with Crippen molar-refractivity contribution < 1.29 is 19.8 Å². The number of nitrogen functional groups attached to an aromatic ring is 1. The van der Waals surface area contributed by atoms with Crippen molar-refractivity contribution in [3.8, 4) is 28.6 Å². The average Bonchev–Trinajstić information content (AvgIpc) is 3.75. The van der Waals surface area contributed by atoms with Crippen molar-refractivity contribution in [1.82, 2.24) is 34.6 Å². The molecule has 2 atom stereocenters. The van der Waals surface area contributed by atoms with Crippen LogP contribution in [0.15, 0.2) is 85.3 Å². The number of nitrogens with zero attached hydrogens (tertiary/aromatic N) is 6. The number of aliphatic hydroxyl groups excluding tert-OH is 1. The third-order valence-corrected chi connectivity index (χ3v) is 7.55. The van der Waals surface area contributed by atoms with Gasteiger partial charge in [-0.25, -0.2) is 19.6 Å². The van der Waals surface area contributed by atoms with E-state index in [-0.39, 0.29) is 16.9 Å². The van der Waals surface area contributed by atoms with Gasteiger partial charge in [-0.2, -0.15) is 5.10 Å². The molecule has 7 rings (SSSR count). The van der Waals surface area contributed by atoms with Gasteiger partial charge in [0.2, 0.25) is 0 Å². The van der Waals surface area contributed by atoms with Gasteiger partial charge in [-0.1, -0.05) is 6.07 Å². The fourth-order valence-corrected chi connectivity index (χ4v) is 5.46. The van der Waals surface area contributed by atoms with E-state index in [1.807, 2.05) is 47.0 Å². The fourth-order valence-electron chi connectivity index (χ4n) is 5.46. The molecular weight excluding hydrogens is 548 g/mol. The Kier molecular flexibility index (Phi) is 6.17. The number of benzene rings is 2. The highest BCUT2D eigenvalue weighted by atomic mass is 16.3.